The van der Waals surface area contributed by atoms with Crippen molar-refractivity contribution in [2.24, 2.45) is 0 Å². The van der Waals surface area contributed by atoms with E-state index in [1.54, 1.807) is 24.3 Å². The van der Waals surface area contributed by atoms with Crippen LogP contribution >= 0.6 is 0 Å². The average Bonchev–Trinajstić information content (AvgIpc) is 2.87. The lowest BCUT2D eigenvalue weighted by Gasteiger charge is -2.15. The van der Waals surface area contributed by atoms with E-state index in [4.69, 9.17) is 0 Å². The molecule has 0 amide bonds. The van der Waals surface area contributed by atoms with Gasteiger partial charge in [-0.15, -0.1) is 0 Å². The maximum absolute atomic E-state index is 11.3. The van der Waals surface area contributed by atoms with E-state index in [0.29, 0.717) is 35.3 Å². The van der Waals surface area contributed by atoms with Gasteiger partial charge in [0.05, 0.1) is 24.7 Å². The molecule has 2 aromatic rings. The molecule has 0 bridgehead atoms. The van der Waals surface area contributed by atoms with Crippen LogP contribution in [0.25, 0.3) is 0 Å². The lowest BCUT2D eigenvalue weighted by molar-refractivity contribution is 0.173. The highest BCUT2D eigenvalue weighted by Crippen LogP contribution is 2.23. The van der Waals surface area contributed by atoms with E-state index in [1.807, 2.05) is 0 Å². The van der Waals surface area contributed by atoms with Crippen molar-refractivity contribution in [1.82, 2.24) is 20.1 Å². The minimum atomic E-state index is -3.40. The number of aliphatic hydroxyl groups excluding tert-OH is 2. The molecule has 14 heteroatoms. The Morgan fingerprint density at radius 3 is 1.38 bits per heavy atom. The van der Waals surface area contributed by atoms with Crippen molar-refractivity contribution >= 4 is 20.0 Å². The molecular weight excluding hydrogens is 560 g/mol. The molecule has 0 heterocycles. The topological polar surface area (TPSA) is 197 Å². The second-order valence-corrected chi connectivity index (χ2v) is 13.5. The number of aliphatic hydroxyl groups is 2. The first kappa shape index (κ1) is 33.9. The standard InChI is InChI=1S/C26H42N4O8S2/c1-39(35,36)29-15-21-13-19(7-9-23(21)31)25(33)17-27-11-5-3-4-6-12-28-18-26(34)20-8-10-24(32)22(14-20)16-30-40(2,37)38/h7-10,13-14,25-34H,3-6,11-12,15-18H2,1-2H3. The van der Waals surface area contributed by atoms with Crippen LogP contribution in [0.1, 0.15) is 60.1 Å². The van der Waals surface area contributed by atoms with Crippen LogP contribution < -0.4 is 20.1 Å². The van der Waals surface area contributed by atoms with Crippen molar-refractivity contribution in [2.45, 2.75) is 51.0 Å². The maximum atomic E-state index is 11.3. The fraction of sp³-hybridized carbons (Fsp3) is 0.538. The van der Waals surface area contributed by atoms with E-state index < -0.39 is 32.3 Å². The summed E-state index contributed by atoms with van der Waals surface area (Å²) in [5.74, 6) is -0.0870. The van der Waals surface area contributed by atoms with Gasteiger partial charge >= 0.3 is 0 Å². The third-order valence-electron chi connectivity index (χ3n) is 6.16. The lowest BCUT2D eigenvalue weighted by Crippen LogP contribution is -2.24. The summed E-state index contributed by atoms with van der Waals surface area (Å²) in [6.45, 7) is 1.98. The zero-order chi connectivity index (χ0) is 29.8. The van der Waals surface area contributed by atoms with Crippen molar-refractivity contribution in [3.8, 4) is 11.5 Å². The van der Waals surface area contributed by atoms with Crippen molar-refractivity contribution in [3.05, 3.63) is 58.7 Å². The molecule has 40 heavy (non-hydrogen) atoms. The van der Waals surface area contributed by atoms with Gasteiger partial charge in [-0.1, -0.05) is 25.0 Å². The number of unbranched alkanes of at least 4 members (excludes halogenated alkanes) is 3. The molecule has 226 valence electrons. The highest BCUT2D eigenvalue weighted by molar-refractivity contribution is 7.88. The van der Waals surface area contributed by atoms with Crippen LogP contribution in [0.2, 0.25) is 0 Å². The largest absolute Gasteiger partial charge is 0.508 e. The molecular formula is C26H42N4O8S2. The Balaban J connectivity index is 1.59. The number of nitrogens with one attached hydrogen (secondary N) is 4. The molecule has 8 N–H and O–H groups in total. The Bertz CT molecular complexity index is 1190. The second kappa shape index (κ2) is 16.2. The van der Waals surface area contributed by atoms with Crippen LogP contribution in [0, 0.1) is 0 Å². The maximum Gasteiger partial charge on any atom is 0.209 e. The molecule has 0 aliphatic carbocycles. The molecule has 0 aromatic heterocycles. The van der Waals surface area contributed by atoms with E-state index in [2.05, 4.69) is 20.1 Å². The molecule has 0 saturated carbocycles. The van der Waals surface area contributed by atoms with Crippen LogP contribution in [0.5, 0.6) is 11.5 Å². The predicted molar refractivity (Wildman–Crippen MR) is 154 cm³/mol. The smallest absolute Gasteiger partial charge is 0.209 e. The molecule has 2 rings (SSSR count). The Labute approximate surface area is 236 Å². The summed E-state index contributed by atoms with van der Waals surface area (Å²) in [6.07, 6.45) is 4.30. The summed E-state index contributed by atoms with van der Waals surface area (Å²) in [7, 11) is -6.81. The monoisotopic (exact) mass is 602 g/mol. The molecule has 0 aliphatic heterocycles. The molecule has 0 saturated heterocycles. The van der Waals surface area contributed by atoms with Gasteiger partial charge in [0.2, 0.25) is 20.0 Å². The summed E-state index contributed by atoms with van der Waals surface area (Å²) < 4.78 is 49.8. The fourth-order valence-corrected chi connectivity index (χ4v) is 4.73. The van der Waals surface area contributed by atoms with Crippen molar-refractivity contribution < 1.29 is 37.3 Å². The number of sulfonamides is 2. The minimum absolute atomic E-state index is 0.0435. The van der Waals surface area contributed by atoms with Crippen molar-refractivity contribution in [2.75, 3.05) is 38.7 Å². The van der Waals surface area contributed by atoms with Crippen molar-refractivity contribution in [1.29, 1.82) is 0 Å². The lowest BCUT2D eigenvalue weighted by atomic mass is 10.0. The van der Waals surface area contributed by atoms with Gasteiger partial charge in [-0.2, -0.15) is 0 Å². The van der Waals surface area contributed by atoms with E-state index in [-0.39, 0.29) is 24.6 Å². The van der Waals surface area contributed by atoms with Gasteiger partial charge in [-0.25, -0.2) is 26.3 Å². The molecule has 2 atom stereocenters. The molecule has 2 aromatic carbocycles. The highest BCUT2D eigenvalue weighted by Gasteiger charge is 2.13. The highest BCUT2D eigenvalue weighted by atomic mass is 32.2. The second-order valence-electron chi connectivity index (χ2n) is 9.82. The van der Waals surface area contributed by atoms with Crippen LogP contribution in [0.15, 0.2) is 36.4 Å². The van der Waals surface area contributed by atoms with Crippen LogP contribution in [0.4, 0.5) is 0 Å². The number of benzene rings is 2. The summed E-state index contributed by atoms with van der Waals surface area (Å²) in [6, 6.07) is 9.25. The SMILES string of the molecule is CS(=O)(=O)NCc1cc(C(O)CNCCCCCCNCC(O)c2ccc(O)c(CNS(C)(=O)=O)c2)ccc1O. The first-order valence-electron chi connectivity index (χ1n) is 13.1. The number of phenolic OH excluding ortho intramolecular Hbond substituents is 2. The quantitative estimate of drug-likeness (QED) is 0.106. The summed E-state index contributed by atoms with van der Waals surface area (Å²) in [5, 5.41) is 47.1. The van der Waals surface area contributed by atoms with Crippen LogP contribution in [-0.4, -0.2) is 76.0 Å². The van der Waals surface area contributed by atoms with Gasteiger partial charge in [0.15, 0.2) is 0 Å². The summed E-state index contributed by atoms with van der Waals surface area (Å²) in [4.78, 5) is 0. The average molecular weight is 603 g/mol. The number of phenols is 2. The molecule has 12 nitrogen and oxygen atoms in total. The first-order chi connectivity index (χ1) is 18.7. The van der Waals surface area contributed by atoms with Gasteiger partial charge in [0, 0.05) is 37.3 Å². The zero-order valence-corrected chi connectivity index (χ0v) is 24.6. The van der Waals surface area contributed by atoms with E-state index >= 15 is 0 Å². The fourth-order valence-electron chi connectivity index (χ4n) is 3.89. The van der Waals surface area contributed by atoms with Gasteiger partial charge in [0.1, 0.15) is 11.5 Å². The number of hydrogen-bond acceptors (Lipinski definition) is 10. The third kappa shape index (κ3) is 13.4. The Hall–Kier alpha value is -2.30. The molecule has 0 fully saturated rings. The number of hydrogen-bond donors (Lipinski definition) is 8. The third-order valence-corrected chi connectivity index (χ3v) is 7.50. The van der Waals surface area contributed by atoms with Gasteiger partial charge < -0.3 is 31.1 Å². The van der Waals surface area contributed by atoms with Crippen LogP contribution in [0.3, 0.4) is 0 Å². The Morgan fingerprint density at radius 2 is 1.02 bits per heavy atom. The van der Waals surface area contributed by atoms with Crippen LogP contribution in [-0.2, 0) is 33.1 Å². The predicted octanol–water partition coefficient (Wildman–Crippen LogP) is 0.703. The van der Waals surface area contributed by atoms with Gasteiger partial charge in [0.25, 0.3) is 0 Å². The molecule has 0 spiro atoms. The zero-order valence-electron chi connectivity index (χ0n) is 22.9. The number of rotatable bonds is 19. The number of aromatic hydroxyl groups is 2. The van der Waals surface area contributed by atoms with E-state index in [9.17, 15) is 37.3 Å². The van der Waals surface area contributed by atoms with Gasteiger partial charge in [-0.3, -0.25) is 0 Å². The summed E-state index contributed by atoms with van der Waals surface area (Å²) in [5.41, 5.74) is 1.94. The van der Waals surface area contributed by atoms with Crippen molar-refractivity contribution in [3.63, 3.8) is 0 Å². The normalized spacial score (nSPS) is 13.8. The summed E-state index contributed by atoms with van der Waals surface area (Å²) >= 11 is 0. The molecule has 0 radical (unpaired) electrons. The minimum Gasteiger partial charge on any atom is -0.508 e. The van der Waals surface area contributed by atoms with E-state index in [1.165, 1.54) is 12.1 Å². The Morgan fingerprint density at radius 1 is 0.650 bits per heavy atom. The first-order valence-corrected chi connectivity index (χ1v) is 16.8. The van der Waals surface area contributed by atoms with E-state index in [0.717, 1.165) is 51.3 Å². The molecule has 2 unspecified atom stereocenters. The Kier molecular flexibility index (Phi) is 13.7. The molecule has 0 aliphatic rings. The van der Waals surface area contributed by atoms with Gasteiger partial charge in [-0.05, 0) is 61.3 Å².